The van der Waals surface area contributed by atoms with E-state index in [1.165, 1.54) is 11.8 Å². The molecule has 3 rings (SSSR count). The number of morpholine rings is 1. The van der Waals surface area contributed by atoms with E-state index in [1.54, 1.807) is 4.68 Å². The molecule has 0 unspecified atom stereocenters. The van der Waals surface area contributed by atoms with E-state index in [2.05, 4.69) is 21.6 Å². The summed E-state index contributed by atoms with van der Waals surface area (Å²) in [5, 5.41) is 12.6. The number of thioether (sulfide) groups is 1. The summed E-state index contributed by atoms with van der Waals surface area (Å²) >= 11 is 1.36. The van der Waals surface area contributed by atoms with Crippen molar-refractivity contribution in [2.45, 2.75) is 45.1 Å². The summed E-state index contributed by atoms with van der Waals surface area (Å²) in [5.41, 5.74) is 3.16. The van der Waals surface area contributed by atoms with Gasteiger partial charge >= 0.3 is 0 Å². The lowest BCUT2D eigenvalue weighted by Gasteiger charge is -2.35. The summed E-state index contributed by atoms with van der Waals surface area (Å²) in [5.74, 6) is 0.396. The maximum absolute atomic E-state index is 12.5. The molecular weight excluding hydrogens is 338 g/mol. The van der Waals surface area contributed by atoms with Crippen molar-refractivity contribution in [1.29, 1.82) is 0 Å². The Bertz CT molecular complexity index is 753. The molecule has 2 heterocycles. The van der Waals surface area contributed by atoms with E-state index in [0.29, 0.717) is 24.0 Å². The zero-order valence-electron chi connectivity index (χ0n) is 15.0. The third-order valence-corrected chi connectivity index (χ3v) is 5.03. The van der Waals surface area contributed by atoms with Crippen LogP contribution < -0.4 is 0 Å². The fourth-order valence-electron chi connectivity index (χ4n) is 2.97. The molecule has 1 amide bonds. The zero-order valence-corrected chi connectivity index (χ0v) is 15.8. The van der Waals surface area contributed by atoms with Crippen LogP contribution in [0.4, 0.5) is 0 Å². The number of nitrogens with zero attached hydrogens (tertiary/aromatic N) is 5. The standard InChI is InChI=1S/C17H23N5O2S/c1-11-5-6-12(2)15(7-11)22-17(18-19-20-22)25-10-16(23)21-8-13(3)24-14(4)9-21/h5-7,13-14H,8-10H2,1-4H3/t13-,14+. The first-order valence-electron chi connectivity index (χ1n) is 8.36. The minimum atomic E-state index is 0.0676. The lowest BCUT2D eigenvalue weighted by atomic mass is 10.1. The Morgan fingerprint density at radius 2 is 2.00 bits per heavy atom. The lowest BCUT2D eigenvalue weighted by Crippen LogP contribution is -2.48. The first kappa shape index (κ1) is 17.9. The van der Waals surface area contributed by atoms with E-state index in [-0.39, 0.29) is 18.1 Å². The zero-order chi connectivity index (χ0) is 18.0. The number of aryl methyl sites for hydroxylation is 2. The molecule has 0 bridgehead atoms. The number of ether oxygens (including phenoxy) is 1. The second-order valence-electron chi connectivity index (χ2n) is 6.51. The number of benzene rings is 1. The number of tetrazole rings is 1. The highest BCUT2D eigenvalue weighted by Gasteiger charge is 2.26. The van der Waals surface area contributed by atoms with Gasteiger partial charge in [0, 0.05) is 13.1 Å². The molecule has 1 aromatic carbocycles. The molecule has 8 heteroatoms. The number of amides is 1. The average molecular weight is 361 g/mol. The highest BCUT2D eigenvalue weighted by atomic mass is 32.2. The summed E-state index contributed by atoms with van der Waals surface area (Å²) in [4.78, 5) is 14.4. The molecule has 2 atom stereocenters. The monoisotopic (exact) mass is 361 g/mol. The quantitative estimate of drug-likeness (QED) is 0.776. The van der Waals surface area contributed by atoms with Crippen molar-refractivity contribution in [1.82, 2.24) is 25.1 Å². The molecule has 0 radical (unpaired) electrons. The van der Waals surface area contributed by atoms with Gasteiger partial charge in [-0.05, 0) is 55.3 Å². The second-order valence-corrected chi connectivity index (χ2v) is 7.45. The Kier molecular flexibility index (Phi) is 5.39. The summed E-state index contributed by atoms with van der Waals surface area (Å²) in [7, 11) is 0. The number of aromatic nitrogens is 4. The smallest absolute Gasteiger partial charge is 0.233 e. The Hall–Kier alpha value is -1.93. The van der Waals surface area contributed by atoms with Crippen LogP contribution >= 0.6 is 11.8 Å². The fourth-order valence-corrected chi connectivity index (χ4v) is 3.75. The van der Waals surface area contributed by atoms with Crippen LogP contribution in [0.3, 0.4) is 0 Å². The largest absolute Gasteiger partial charge is 0.372 e. The summed E-state index contributed by atoms with van der Waals surface area (Å²) in [6, 6.07) is 6.14. The number of hydrogen-bond donors (Lipinski definition) is 0. The first-order valence-corrected chi connectivity index (χ1v) is 9.34. The van der Waals surface area contributed by atoms with Gasteiger partial charge in [0.25, 0.3) is 0 Å². The van der Waals surface area contributed by atoms with E-state index in [1.807, 2.05) is 44.7 Å². The number of rotatable bonds is 4. The van der Waals surface area contributed by atoms with Gasteiger partial charge in [0.05, 0.1) is 23.6 Å². The minimum absolute atomic E-state index is 0.0676. The SMILES string of the molecule is Cc1ccc(C)c(-n2nnnc2SCC(=O)N2C[C@@H](C)O[C@@H](C)C2)c1. The Balaban J connectivity index is 1.70. The van der Waals surface area contributed by atoms with Crippen LogP contribution in [-0.4, -0.2) is 62.1 Å². The van der Waals surface area contributed by atoms with Crippen LogP contribution in [0.5, 0.6) is 0 Å². The maximum Gasteiger partial charge on any atom is 0.233 e. The molecule has 0 aliphatic carbocycles. The summed E-state index contributed by atoms with van der Waals surface area (Å²) in [6.07, 6.45) is 0.135. The Morgan fingerprint density at radius 3 is 2.72 bits per heavy atom. The van der Waals surface area contributed by atoms with Gasteiger partial charge in [0.2, 0.25) is 11.1 Å². The molecule has 1 saturated heterocycles. The molecule has 2 aromatic rings. The third-order valence-electron chi connectivity index (χ3n) is 4.13. The third kappa shape index (κ3) is 4.19. The van der Waals surface area contributed by atoms with Gasteiger partial charge in [-0.3, -0.25) is 4.79 Å². The maximum atomic E-state index is 12.5. The molecule has 1 aromatic heterocycles. The highest BCUT2D eigenvalue weighted by Crippen LogP contribution is 2.22. The van der Waals surface area contributed by atoms with Crippen molar-refractivity contribution in [3.63, 3.8) is 0 Å². The van der Waals surface area contributed by atoms with Crippen molar-refractivity contribution in [2.75, 3.05) is 18.8 Å². The molecule has 0 spiro atoms. The van der Waals surface area contributed by atoms with Gasteiger partial charge in [-0.25, -0.2) is 0 Å². The van der Waals surface area contributed by atoms with Crippen molar-refractivity contribution in [3.05, 3.63) is 29.3 Å². The van der Waals surface area contributed by atoms with E-state index in [4.69, 9.17) is 4.74 Å². The van der Waals surface area contributed by atoms with Crippen LogP contribution in [0.25, 0.3) is 5.69 Å². The Morgan fingerprint density at radius 1 is 1.28 bits per heavy atom. The lowest BCUT2D eigenvalue weighted by molar-refractivity contribution is -0.140. The fraction of sp³-hybridized carbons (Fsp3) is 0.529. The normalized spacial score (nSPS) is 20.7. The predicted molar refractivity (Wildman–Crippen MR) is 95.9 cm³/mol. The van der Waals surface area contributed by atoms with Gasteiger partial charge in [-0.15, -0.1) is 5.10 Å². The van der Waals surface area contributed by atoms with Gasteiger partial charge in [-0.1, -0.05) is 23.9 Å². The van der Waals surface area contributed by atoms with Gasteiger partial charge in [0.1, 0.15) is 0 Å². The second kappa shape index (κ2) is 7.53. The molecule has 25 heavy (non-hydrogen) atoms. The Labute approximate surface area is 151 Å². The van der Waals surface area contributed by atoms with Crippen LogP contribution in [0.2, 0.25) is 0 Å². The van der Waals surface area contributed by atoms with Crippen molar-refractivity contribution in [3.8, 4) is 5.69 Å². The van der Waals surface area contributed by atoms with Crippen LogP contribution in [0.1, 0.15) is 25.0 Å². The minimum Gasteiger partial charge on any atom is -0.372 e. The van der Waals surface area contributed by atoms with Crippen molar-refractivity contribution < 1.29 is 9.53 Å². The average Bonchev–Trinajstić information content (AvgIpc) is 3.02. The van der Waals surface area contributed by atoms with Crippen LogP contribution in [0.15, 0.2) is 23.4 Å². The molecule has 1 aliphatic rings. The van der Waals surface area contributed by atoms with Gasteiger partial charge in [-0.2, -0.15) is 4.68 Å². The molecule has 7 nitrogen and oxygen atoms in total. The number of carbonyl (C=O) groups is 1. The van der Waals surface area contributed by atoms with E-state index in [9.17, 15) is 4.79 Å². The number of hydrogen-bond acceptors (Lipinski definition) is 6. The van der Waals surface area contributed by atoms with Crippen LogP contribution in [0, 0.1) is 13.8 Å². The summed E-state index contributed by atoms with van der Waals surface area (Å²) in [6.45, 7) is 9.29. The van der Waals surface area contributed by atoms with E-state index in [0.717, 1.165) is 16.8 Å². The summed E-state index contributed by atoms with van der Waals surface area (Å²) < 4.78 is 7.38. The van der Waals surface area contributed by atoms with Gasteiger partial charge in [0.15, 0.2) is 0 Å². The van der Waals surface area contributed by atoms with E-state index >= 15 is 0 Å². The molecule has 134 valence electrons. The van der Waals surface area contributed by atoms with Crippen molar-refractivity contribution in [2.24, 2.45) is 0 Å². The molecular formula is C17H23N5O2S. The van der Waals surface area contributed by atoms with Crippen LogP contribution in [-0.2, 0) is 9.53 Å². The van der Waals surface area contributed by atoms with E-state index < -0.39 is 0 Å². The molecule has 1 fully saturated rings. The molecule has 1 aliphatic heterocycles. The molecule has 0 saturated carbocycles. The predicted octanol–water partition coefficient (Wildman–Crippen LogP) is 2.01. The molecule has 0 N–H and O–H groups in total. The first-order chi connectivity index (χ1) is 11.9. The van der Waals surface area contributed by atoms with Crippen molar-refractivity contribution >= 4 is 17.7 Å². The highest BCUT2D eigenvalue weighted by molar-refractivity contribution is 7.99. The topological polar surface area (TPSA) is 73.1 Å². The van der Waals surface area contributed by atoms with Gasteiger partial charge < -0.3 is 9.64 Å². The number of carbonyl (C=O) groups excluding carboxylic acids is 1.